The molecule has 0 aliphatic rings. The van der Waals surface area contributed by atoms with Gasteiger partial charge in [0.1, 0.15) is 5.65 Å². The Morgan fingerprint density at radius 2 is 1.72 bits per heavy atom. The molecule has 0 aliphatic carbocycles. The molecule has 0 saturated carbocycles. The first-order chi connectivity index (χ1) is 11.7. The van der Waals surface area contributed by atoms with E-state index in [0.29, 0.717) is 11.5 Å². The summed E-state index contributed by atoms with van der Waals surface area (Å²) in [6.07, 6.45) is 1.88. The minimum absolute atomic E-state index is 0.0385. The molecular weight excluding hydrogens is 338 g/mol. The Morgan fingerprint density at radius 1 is 1.04 bits per heavy atom. The summed E-state index contributed by atoms with van der Waals surface area (Å²) in [5.74, 6) is 0.652. The second-order valence-electron chi connectivity index (χ2n) is 6.70. The molecule has 2 heterocycles. The van der Waals surface area contributed by atoms with Gasteiger partial charge in [-0.1, -0.05) is 26.8 Å². The second-order valence-corrected chi connectivity index (χ2v) is 8.26. The van der Waals surface area contributed by atoms with Crippen LogP contribution in [0.2, 0.25) is 0 Å². The van der Waals surface area contributed by atoms with Crippen molar-refractivity contribution in [2.75, 3.05) is 0 Å². The SMILES string of the molecule is CC(C)(C)c1nc2ccccn2c1N=Nc1ccc(S(N)(=O)=O)cc1. The zero-order valence-electron chi connectivity index (χ0n) is 14.2. The fraction of sp³-hybridized carbons (Fsp3) is 0.235. The van der Waals surface area contributed by atoms with Crippen LogP contribution in [0.1, 0.15) is 26.5 Å². The van der Waals surface area contributed by atoms with Gasteiger partial charge in [-0.05, 0) is 36.4 Å². The number of aromatic nitrogens is 2. The van der Waals surface area contributed by atoms with Crippen LogP contribution in [-0.2, 0) is 15.4 Å². The molecule has 1 aromatic carbocycles. The van der Waals surface area contributed by atoms with Crippen LogP contribution in [0, 0.1) is 0 Å². The van der Waals surface area contributed by atoms with E-state index in [4.69, 9.17) is 5.14 Å². The summed E-state index contributed by atoms with van der Waals surface area (Å²) in [6.45, 7) is 6.19. The van der Waals surface area contributed by atoms with Gasteiger partial charge < -0.3 is 0 Å². The number of fused-ring (bicyclic) bond motifs is 1. The van der Waals surface area contributed by atoms with E-state index in [0.717, 1.165) is 11.3 Å². The van der Waals surface area contributed by atoms with E-state index in [1.54, 1.807) is 12.1 Å². The zero-order valence-corrected chi connectivity index (χ0v) is 15.0. The molecule has 0 spiro atoms. The maximum Gasteiger partial charge on any atom is 0.238 e. The van der Waals surface area contributed by atoms with E-state index in [1.165, 1.54) is 12.1 Å². The summed E-state index contributed by atoms with van der Waals surface area (Å²) in [7, 11) is -3.72. The molecule has 3 rings (SSSR count). The molecule has 3 aromatic rings. The predicted octanol–water partition coefficient (Wildman–Crippen LogP) is 3.69. The van der Waals surface area contributed by atoms with Crippen molar-refractivity contribution in [3.05, 3.63) is 54.4 Å². The van der Waals surface area contributed by atoms with Crippen LogP contribution in [0.3, 0.4) is 0 Å². The molecule has 0 unspecified atom stereocenters. The summed E-state index contributed by atoms with van der Waals surface area (Å²) in [4.78, 5) is 4.69. The van der Waals surface area contributed by atoms with E-state index in [9.17, 15) is 8.42 Å². The molecule has 2 N–H and O–H groups in total. The van der Waals surface area contributed by atoms with Crippen LogP contribution in [0.15, 0.2) is 63.8 Å². The molecule has 0 atom stereocenters. The number of nitrogens with zero attached hydrogens (tertiary/aromatic N) is 4. The van der Waals surface area contributed by atoms with Gasteiger partial charge in [0.15, 0.2) is 5.82 Å². The van der Waals surface area contributed by atoms with Crippen LogP contribution in [0.25, 0.3) is 5.65 Å². The van der Waals surface area contributed by atoms with Gasteiger partial charge in [-0.3, -0.25) is 4.40 Å². The lowest BCUT2D eigenvalue weighted by molar-refractivity contribution is 0.573. The summed E-state index contributed by atoms with van der Waals surface area (Å²) >= 11 is 0. The Kier molecular flexibility index (Phi) is 4.18. The van der Waals surface area contributed by atoms with Crippen LogP contribution >= 0.6 is 0 Å². The minimum Gasteiger partial charge on any atom is -0.283 e. The lowest BCUT2D eigenvalue weighted by Crippen LogP contribution is -2.11. The maximum atomic E-state index is 11.3. The molecule has 0 aliphatic heterocycles. The normalized spacial score (nSPS) is 13.0. The average molecular weight is 357 g/mol. The molecule has 0 amide bonds. The number of hydrogen-bond donors (Lipinski definition) is 1. The first kappa shape index (κ1) is 17.2. The number of benzene rings is 1. The topological polar surface area (TPSA) is 102 Å². The Bertz CT molecular complexity index is 1040. The molecule has 0 saturated heterocycles. The van der Waals surface area contributed by atoms with Crippen LogP contribution in [-0.4, -0.2) is 17.8 Å². The van der Waals surface area contributed by atoms with Crippen molar-refractivity contribution in [1.29, 1.82) is 0 Å². The van der Waals surface area contributed by atoms with Crippen LogP contribution in [0.5, 0.6) is 0 Å². The maximum absolute atomic E-state index is 11.3. The van der Waals surface area contributed by atoms with E-state index in [1.807, 2.05) is 28.8 Å². The highest BCUT2D eigenvalue weighted by molar-refractivity contribution is 7.89. The van der Waals surface area contributed by atoms with Crippen molar-refractivity contribution >= 4 is 27.2 Å². The van der Waals surface area contributed by atoms with Gasteiger partial charge in [0, 0.05) is 11.6 Å². The van der Waals surface area contributed by atoms with E-state index in [-0.39, 0.29) is 10.3 Å². The van der Waals surface area contributed by atoms with Crippen molar-refractivity contribution in [3.8, 4) is 0 Å². The van der Waals surface area contributed by atoms with E-state index in [2.05, 4.69) is 36.0 Å². The Labute approximate surface area is 146 Å². The summed E-state index contributed by atoms with van der Waals surface area (Å²) in [5, 5.41) is 13.7. The zero-order chi connectivity index (χ0) is 18.2. The minimum atomic E-state index is -3.72. The third-order valence-corrected chi connectivity index (χ3v) is 4.57. The van der Waals surface area contributed by atoms with Crippen LogP contribution in [0.4, 0.5) is 11.5 Å². The molecule has 8 heteroatoms. The van der Waals surface area contributed by atoms with Gasteiger partial charge in [0.05, 0.1) is 16.3 Å². The highest BCUT2D eigenvalue weighted by Gasteiger charge is 2.24. The number of nitrogens with two attached hydrogens (primary N) is 1. The number of rotatable bonds is 3. The number of primary sulfonamides is 1. The highest BCUT2D eigenvalue weighted by atomic mass is 32.2. The molecule has 0 fully saturated rings. The number of hydrogen-bond acceptors (Lipinski definition) is 5. The largest absolute Gasteiger partial charge is 0.283 e. The molecule has 0 radical (unpaired) electrons. The number of pyridine rings is 1. The smallest absolute Gasteiger partial charge is 0.238 e. The summed E-state index contributed by atoms with van der Waals surface area (Å²) < 4.78 is 24.5. The van der Waals surface area contributed by atoms with Crippen molar-refractivity contribution in [1.82, 2.24) is 9.38 Å². The van der Waals surface area contributed by atoms with Crippen molar-refractivity contribution < 1.29 is 8.42 Å². The average Bonchev–Trinajstić information content (AvgIpc) is 2.91. The molecular formula is C17H19N5O2S. The van der Waals surface area contributed by atoms with Crippen molar-refractivity contribution in [2.24, 2.45) is 15.4 Å². The van der Waals surface area contributed by atoms with Gasteiger partial charge >= 0.3 is 0 Å². The summed E-state index contributed by atoms with van der Waals surface area (Å²) in [5.41, 5.74) is 1.96. The molecule has 130 valence electrons. The van der Waals surface area contributed by atoms with E-state index >= 15 is 0 Å². The molecule has 2 aromatic heterocycles. The quantitative estimate of drug-likeness (QED) is 0.723. The second kappa shape index (κ2) is 6.05. The molecule has 7 nitrogen and oxygen atoms in total. The van der Waals surface area contributed by atoms with Crippen molar-refractivity contribution in [3.63, 3.8) is 0 Å². The highest BCUT2D eigenvalue weighted by Crippen LogP contribution is 2.33. The fourth-order valence-electron chi connectivity index (χ4n) is 2.39. The lowest BCUT2D eigenvalue weighted by Gasteiger charge is -2.15. The number of azo groups is 1. The fourth-order valence-corrected chi connectivity index (χ4v) is 2.90. The standard InChI is InChI=1S/C17H19N5O2S/c1-17(2,3)15-16(22-11-5-4-6-14(22)19-15)21-20-12-7-9-13(10-8-12)25(18,23)24/h4-11H,1-3H3,(H2,18,23,24). The van der Waals surface area contributed by atoms with Gasteiger partial charge in [0.25, 0.3) is 0 Å². The predicted molar refractivity (Wildman–Crippen MR) is 95.9 cm³/mol. The van der Waals surface area contributed by atoms with Crippen molar-refractivity contribution in [2.45, 2.75) is 31.1 Å². The third kappa shape index (κ3) is 3.59. The Morgan fingerprint density at radius 3 is 2.32 bits per heavy atom. The van der Waals surface area contributed by atoms with E-state index < -0.39 is 10.0 Å². The lowest BCUT2D eigenvalue weighted by atomic mass is 9.92. The number of sulfonamides is 1. The first-order valence-electron chi connectivity index (χ1n) is 7.68. The third-order valence-electron chi connectivity index (χ3n) is 3.64. The monoisotopic (exact) mass is 357 g/mol. The van der Waals surface area contributed by atoms with Gasteiger partial charge in [-0.25, -0.2) is 18.5 Å². The molecule has 25 heavy (non-hydrogen) atoms. The van der Waals surface area contributed by atoms with Gasteiger partial charge in [-0.2, -0.15) is 0 Å². The van der Waals surface area contributed by atoms with Gasteiger partial charge in [-0.15, -0.1) is 10.2 Å². The number of imidazole rings is 1. The van der Waals surface area contributed by atoms with Crippen LogP contribution < -0.4 is 5.14 Å². The first-order valence-corrected chi connectivity index (χ1v) is 9.23. The van der Waals surface area contributed by atoms with Gasteiger partial charge in [0.2, 0.25) is 10.0 Å². The molecule has 0 bridgehead atoms. The summed E-state index contributed by atoms with van der Waals surface area (Å²) in [6, 6.07) is 11.7. The Balaban J connectivity index is 2.04. The Hall–Kier alpha value is -2.58.